The molecule has 1 aromatic rings. The van der Waals surface area contributed by atoms with Crippen LogP contribution in [0.2, 0.25) is 0 Å². The summed E-state index contributed by atoms with van der Waals surface area (Å²) in [5.41, 5.74) is 0.479. The normalized spacial score (nSPS) is 8.80. The minimum absolute atomic E-state index is 0.479. The van der Waals surface area contributed by atoms with Gasteiger partial charge in [-0.1, -0.05) is 6.07 Å². The molecular weight excluding hydrogens is 144 g/mol. The number of nitriles is 1. The van der Waals surface area contributed by atoms with Crippen LogP contribution in [0.3, 0.4) is 0 Å². The molecular formula is C7H6N2S. The van der Waals surface area contributed by atoms with Crippen molar-refractivity contribution in [1.29, 1.82) is 5.26 Å². The SMILES string of the molecule is CSc1cccc(C#N)n1. The molecule has 1 rings (SSSR count). The fourth-order valence-corrected chi connectivity index (χ4v) is 0.995. The molecule has 3 heteroatoms. The molecule has 0 aliphatic rings. The van der Waals surface area contributed by atoms with Gasteiger partial charge >= 0.3 is 0 Å². The van der Waals surface area contributed by atoms with Crippen molar-refractivity contribution in [2.24, 2.45) is 0 Å². The summed E-state index contributed by atoms with van der Waals surface area (Å²) in [5.74, 6) is 0. The third kappa shape index (κ3) is 1.49. The summed E-state index contributed by atoms with van der Waals surface area (Å²) in [6, 6.07) is 7.38. The van der Waals surface area contributed by atoms with E-state index in [0.29, 0.717) is 5.69 Å². The van der Waals surface area contributed by atoms with Crippen molar-refractivity contribution in [3.63, 3.8) is 0 Å². The molecule has 0 atom stereocenters. The second kappa shape index (κ2) is 3.23. The summed E-state index contributed by atoms with van der Waals surface area (Å²) in [7, 11) is 0. The fraction of sp³-hybridized carbons (Fsp3) is 0.143. The molecule has 0 aliphatic heterocycles. The van der Waals surface area contributed by atoms with Crippen LogP contribution in [0.25, 0.3) is 0 Å². The van der Waals surface area contributed by atoms with E-state index in [9.17, 15) is 0 Å². The van der Waals surface area contributed by atoms with Crippen molar-refractivity contribution in [3.8, 4) is 6.07 Å². The van der Waals surface area contributed by atoms with E-state index >= 15 is 0 Å². The highest BCUT2D eigenvalue weighted by Crippen LogP contribution is 2.10. The maximum atomic E-state index is 8.44. The van der Waals surface area contributed by atoms with Gasteiger partial charge in [-0.3, -0.25) is 0 Å². The first kappa shape index (κ1) is 7.10. The largest absolute Gasteiger partial charge is 0.231 e. The molecule has 0 amide bonds. The Bertz CT molecular complexity index is 265. The molecule has 0 unspecified atom stereocenters. The van der Waals surface area contributed by atoms with Gasteiger partial charge in [-0.05, 0) is 18.4 Å². The lowest BCUT2D eigenvalue weighted by Gasteiger charge is -1.92. The van der Waals surface area contributed by atoms with Gasteiger partial charge < -0.3 is 0 Å². The zero-order chi connectivity index (χ0) is 7.40. The van der Waals surface area contributed by atoms with Gasteiger partial charge in [-0.25, -0.2) is 4.98 Å². The van der Waals surface area contributed by atoms with Crippen LogP contribution in [0.5, 0.6) is 0 Å². The van der Waals surface area contributed by atoms with Crippen molar-refractivity contribution >= 4 is 11.8 Å². The van der Waals surface area contributed by atoms with Crippen molar-refractivity contribution in [3.05, 3.63) is 23.9 Å². The van der Waals surface area contributed by atoms with Crippen LogP contribution in [0.15, 0.2) is 23.2 Å². The number of aromatic nitrogens is 1. The Morgan fingerprint density at radius 1 is 1.60 bits per heavy atom. The molecule has 0 N–H and O–H groups in total. The van der Waals surface area contributed by atoms with Crippen LogP contribution in [0, 0.1) is 11.3 Å². The van der Waals surface area contributed by atoms with Gasteiger partial charge in [-0.2, -0.15) is 5.26 Å². The Hall–Kier alpha value is -1.01. The predicted octanol–water partition coefficient (Wildman–Crippen LogP) is 1.68. The lowest BCUT2D eigenvalue weighted by atomic mass is 10.4. The molecule has 0 bridgehead atoms. The smallest absolute Gasteiger partial charge is 0.141 e. The van der Waals surface area contributed by atoms with Crippen molar-refractivity contribution in [2.75, 3.05) is 6.26 Å². The molecule has 0 fully saturated rings. The Labute approximate surface area is 63.9 Å². The number of hydrogen-bond acceptors (Lipinski definition) is 3. The molecule has 1 aromatic heterocycles. The molecule has 0 saturated heterocycles. The fourth-order valence-electron chi connectivity index (χ4n) is 0.591. The van der Waals surface area contributed by atoms with Crippen LogP contribution in [-0.2, 0) is 0 Å². The lowest BCUT2D eigenvalue weighted by Crippen LogP contribution is -1.82. The topological polar surface area (TPSA) is 36.7 Å². The van der Waals surface area contributed by atoms with E-state index in [4.69, 9.17) is 5.26 Å². The van der Waals surface area contributed by atoms with Crippen LogP contribution in [0.1, 0.15) is 5.69 Å². The maximum absolute atomic E-state index is 8.44. The van der Waals surface area contributed by atoms with Crippen LogP contribution >= 0.6 is 11.8 Å². The van der Waals surface area contributed by atoms with Gasteiger partial charge in [0.25, 0.3) is 0 Å². The van der Waals surface area contributed by atoms with Crippen LogP contribution in [-0.4, -0.2) is 11.2 Å². The van der Waals surface area contributed by atoms with Crippen LogP contribution < -0.4 is 0 Å². The van der Waals surface area contributed by atoms with Gasteiger partial charge in [-0.15, -0.1) is 11.8 Å². The van der Waals surface area contributed by atoms with Gasteiger partial charge in [0.05, 0.1) is 5.03 Å². The highest BCUT2D eigenvalue weighted by atomic mass is 32.2. The average molecular weight is 150 g/mol. The molecule has 0 spiro atoms. The van der Waals surface area contributed by atoms with Crippen molar-refractivity contribution in [1.82, 2.24) is 4.98 Å². The van der Waals surface area contributed by atoms with E-state index < -0.39 is 0 Å². The van der Waals surface area contributed by atoms with Crippen molar-refractivity contribution in [2.45, 2.75) is 5.03 Å². The molecule has 0 saturated carbocycles. The quantitative estimate of drug-likeness (QED) is 0.571. The minimum atomic E-state index is 0.479. The second-order valence-electron chi connectivity index (χ2n) is 1.68. The Morgan fingerprint density at radius 2 is 2.40 bits per heavy atom. The standard InChI is InChI=1S/C7H6N2S/c1-10-7-4-2-3-6(5-8)9-7/h2-4H,1H3. The second-order valence-corrected chi connectivity index (χ2v) is 2.50. The third-order valence-electron chi connectivity index (χ3n) is 1.05. The highest BCUT2D eigenvalue weighted by Gasteiger charge is 1.92. The molecule has 0 radical (unpaired) electrons. The Balaban J connectivity index is 3.01. The van der Waals surface area contributed by atoms with Gasteiger partial charge in [0.15, 0.2) is 0 Å². The number of thioether (sulfide) groups is 1. The zero-order valence-electron chi connectivity index (χ0n) is 5.53. The third-order valence-corrected chi connectivity index (χ3v) is 1.69. The van der Waals surface area contributed by atoms with E-state index in [1.807, 2.05) is 24.5 Å². The summed E-state index contributed by atoms with van der Waals surface area (Å²) in [4.78, 5) is 4.01. The lowest BCUT2D eigenvalue weighted by molar-refractivity contribution is 1.11. The zero-order valence-corrected chi connectivity index (χ0v) is 6.35. The molecule has 2 nitrogen and oxygen atoms in total. The van der Waals surface area contributed by atoms with E-state index in [0.717, 1.165) is 5.03 Å². The molecule has 1 heterocycles. The number of pyridine rings is 1. The predicted molar refractivity (Wildman–Crippen MR) is 40.7 cm³/mol. The number of hydrogen-bond donors (Lipinski definition) is 0. The first-order valence-corrected chi connectivity index (χ1v) is 4.00. The monoisotopic (exact) mass is 150 g/mol. The summed E-state index contributed by atoms with van der Waals surface area (Å²) in [6.45, 7) is 0. The summed E-state index contributed by atoms with van der Waals surface area (Å²) in [5, 5.41) is 9.32. The van der Waals surface area contributed by atoms with Gasteiger partial charge in [0, 0.05) is 0 Å². The van der Waals surface area contributed by atoms with E-state index in [1.54, 1.807) is 6.07 Å². The van der Waals surface area contributed by atoms with Crippen molar-refractivity contribution < 1.29 is 0 Å². The van der Waals surface area contributed by atoms with E-state index in [2.05, 4.69) is 4.98 Å². The molecule has 0 aliphatic carbocycles. The summed E-state index contributed by atoms with van der Waals surface area (Å²) >= 11 is 1.54. The van der Waals surface area contributed by atoms with E-state index in [-0.39, 0.29) is 0 Å². The molecule has 0 aromatic carbocycles. The average Bonchev–Trinajstić information content (AvgIpc) is 2.05. The maximum Gasteiger partial charge on any atom is 0.141 e. The first-order valence-electron chi connectivity index (χ1n) is 2.78. The summed E-state index contributed by atoms with van der Waals surface area (Å²) < 4.78 is 0. The summed E-state index contributed by atoms with van der Waals surface area (Å²) in [6.07, 6.45) is 1.93. The Kier molecular flexibility index (Phi) is 2.30. The molecule has 10 heavy (non-hydrogen) atoms. The highest BCUT2D eigenvalue weighted by molar-refractivity contribution is 7.98. The van der Waals surface area contributed by atoms with E-state index in [1.165, 1.54) is 11.8 Å². The number of nitrogens with zero attached hydrogens (tertiary/aromatic N) is 2. The minimum Gasteiger partial charge on any atom is -0.231 e. The van der Waals surface area contributed by atoms with Gasteiger partial charge in [0.2, 0.25) is 0 Å². The van der Waals surface area contributed by atoms with Gasteiger partial charge in [0.1, 0.15) is 11.8 Å². The Morgan fingerprint density at radius 3 is 3.00 bits per heavy atom. The number of rotatable bonds is 1. The molecule has 50 valence electrons. The van der Waals surface area contributed by atoms with Crippen LogP contribution in [0.4, 0.5) is 0 Å². The first-order chi connectivity index (χ1) is 4.86.